The van der Waals surface area contributed by atoms with Crippen LogP contribution >= 0.6 is 0 Å². The Morgan fingerprint density at radius 2 is 1.14 bits per heavy atom. The van der Waals surface area contributed by atoms with Crippen molar-refractivity contribution >= 4 is 38.0 Å². The molecule has 0 saturated heterocycles. The topological polar surface area (TPSA) is 51.6 Å². The first kappa shape index (κ1) is 28.9. The lowest BCUT2D eigenvalue weighted by Crippen LogP contribution is -2.08. The molecular formula is C45H32N4. The number of para-hydroxylation sites is 1. The van der Waals surface area contributed by atoms with Crippen LogP contribution in [0.2, 0.25) is 0 Å². The largest absolute Gasteiger partial charge is 0.247 e. The lowest BCUT2D eigenvalue weighted by Gasteiger charge is -2.18. The SMILES string of the molecule is CC1CC=CC=C1c1nc(-c2ccccc2)nc(-c2ccc3ccccc3c2-c2ccc(-c3nc4ccccc4c4ccccc34)cc2)n1. The van der Waals surface area contributed by atoms with Crippen molar-refractivity contribution in [3.8, 4) is 45.2 Å². The lowest BCUT2D eigenvalue weighted by molar-refractivity contribution is 0.747. The molecule has 2 aromatic heterocycles. The fourth-order valence-corrected chi connectivity index (χ4v) is 7.07. The molecule has 9 rings (SSSR count). The van der Waals surface area contributed by atoms with Crippen molar-refractivity contribution in [2.24, 2.45) is 5.92 Å². The van der Waals surface area contributed by atoms with E-state index in [-0.39, 0.29) is 0 Å². The normalized spacial score (nSPS) is 14.4. The van der Waals surface area contributed by atoms with Gasteiger partial charge in [-0.1, -0.05) is 153 Å². The van der Waals surface area contributed by atoms with Gasteiger partial charge in [-0.3, -0.25) is 0 Å². The summed E-state index contributed by atoms with van der Waals surface area (Å²) in [6.45, 7) is 2.23. The highest BCUT2D eigenvalue weighted by Gasteiger charge is 2.21. The summed E-state index contributed by atoms with van der Waals surface area (Å²) in [6, 6.07) is 48.8. The number of aromatic nitrogens is 4. The minimum Gasteiger partial charge on any atom is -0.247 e. The van der Waals surface area contributed by atoms with Gasteiger partial charge in [-0.05, 0) is 46.2 Å². The van der Waals surface area contributed by atoms with Crippen LogP contribution in [-0.4, -0.2) is 19.9 Å². The van der Waals surface area contributed by atoms with Crippen LogP contribution < -0.4 is 0 Å². The smallest absolute Gasteiger partial charge is 0.164 e. The Kier molecular flexibility index (Phi) is 7.13. The summed E-state index contributed by atoms with van der Waals surface area (Å²) < 4.78 is 0. The van der Waals surface area contributed by atoms with Crippen LogP contribution in [-0.2, 0) is 0 Å². The number of allylic oxidation sites excluding steroid dienone is 4. The fraction of sp³-hybridized carbons (Fsp3) is 0.0667. The van der Waals surface area contributed by atoms with E-state index in [0.717, 1.165) is 67.6 Å². The van der Waals surface area contributed by atoms with E-state index in [4.69, 9.17) is 19.9 Å². The summed E-state index contributed by atoms with van der Waals surface area (Å²) in [7, 11) is 0. The lowest BCUT2D eigenvalue weighted by atomic mass is 9.91. The predicted octanol–water partition coefficient (Wildman–Crippen LogP) is 11.4. The molecule has 0 N–H and O–H groups in total. The first-order valence-electron chi connectivity index (χ1n) is 16.8. The molecule has 6 aromatic carbocycles. The number of benzene rings is 6. The van der Waals surface area contributed by atoms with Crippen molar-refractivity contribution in [1.29, 1.82) is 0 Å². The standard InChI is InChI=1S/C45H32N4/c1-29-13-5-7-17-34(29)44-47-43(33-15-3-2-4-16-33)48-45(49-44)39-28-27-30-14-6-8-18-35(30)41(39)31-23-25-32(26-24-31)42-38-21-10-9-19-36(38)37-20-11-12-22-40(37)46-42/h2-12,14-29H,13H2,1H3. The van der Waals surface area contributed by atoms with Crippen LogP contribution in [0.3, 0.4) is 0 Å². The van der Waals surface area contributed by atoms with Gasteiger partial charge < -0.3 is 0 Å². The van der Waals surface area contributed by atoms with Gasteiger partial charge in [-0.15, -0.1) is 0 Å². The van der Waals surface area contributed by atoms with Crippen molar-refractivity contribution in [3.63, 3.8) is 0 Å². The average molecular weight is 629 g/mol. The van der Waals surface area contributed by atoms with E-state index in [9.17, 15) is 0 Å². The molecule has 2 heterocycles. The van der Waals surface area contributed by atoms with Crippen LogP contribution in [0.5, 0.6) is 0 Å². The molecule has 0 aliphatic heterocycles. The Morgan fingerprint density at radius 3 is 1.96 bits per heavy atom. The Labute approximate surface area is 285 Å². The number of hydrogen-bond donors (Lipinski definition) is 0. The van der Waals surface area contributed by atoms with Crippen molar-refractivity contribution in [1.82, 2.24) is 19.9 Å². The van der Waals surface area contributed by atoms with Gasteiger partial charge in [-0.2, -0.15) is 0 Å². The van der Waals surface area contributed by atoms with Gasteiger partial charge in [0.1, 0.15) is 0 Å². The minimum atomic E-state index is 0.312. The molecule has 1 aliphatic rings. The third kappa shape index (κ3) is 5.19. The zero-order valence-electron chi connectivity index (χ0n) is 27.1. The number of pyridine rings is 1. The third-order valence-corrected chi connectivity index (χ3v) is 9.58. The quantitative estimate of drug-likeness (QED) is 0.178. The molecule has 0 fully saturated rings. The summed E-state index contributed by atoms with van der Waals surface area (Å²) in [4.78, 5) is 20.5. The van der Waals surface area contributed by atoms with Crippen LogP contribution in [0.1, 0.15) is 19.2 Å². The second-order valence-electron chi connectivity index (χ2n) is 12.7. The molecule has 0 radical (unpaired) electrons. The second kappa shape index (κ2) is 12.1. The maximum atomic E-state index is 5.19. The van der Waals surface area contributed by atoms with Crippen LogP contribution in [0, 0.1) is 5.92 Å². The van der Waals surface area contributed by atoms with E-state index in [1.54, 1.807) is 0 Å². The first-order chi connectivity index (χ1) is 24.2. The van der Waals surface area contributed by atoms with Crippen LogP contribution in [0.15, 0.2) is 158 Å². The Hall–Kier alpha value is -6.26. The summed E-state index contributed by atoms with van der Waals surface area (Å²) in [5.41, 5.74) is 8.32. The molecule has 0 amide bonds. The Morgan fingerprint density at radius 1 is 0.490 bits per heavy atom. The molecule has 4 heteroatoms. The highest BCUT2D eigenvalue weighted by molar-refractivity contribution is 6.11. The molecule has 0 saturated carbocycles. The van der Waals surface area contributed by atoms with E-state index in [1.165, 1.54) is 16.2 Å². The summed E-state index contributed by atoms with van der Waals surface area (Å²) >= 11 is 0. The van der Waals surface area contributed by atoms with Crippen molar-refractivity contribution < 1.29 is 0 Å². The highest BCUT2D eigenvalue weighted by atomic mass is 15.0. The van der Waals surface area contributed by atoms with E-state index in [2.05, 4.69) is 146 Å². The maximum Gasteiger partial charge on any atom is 0.164 e. The number of fused-ring (bicyclic) bond motifs is 4. The molecule has 1 atom stereocenters. The molecule has 4 nitrogen and oxygen atoms in total. The van der Waals surface area contributed by atoms with E-state index in [1.807, 2.05) is 18.2 Å². The molecule has 232 valence electrons. The van der Waals surface area contributed by atoms with E-state index >= 15 is 0 Å². The summed E-state index contributed by atoms with van der Waals surface area (Å²) in [5.74, 6) is 2.38. The Bertz CT molecular complexity index is 2580. The molecule has 1 aliphatic carbocycles. The first-order valence-corrected chi connectivity index (χ1v) is 16.8. The van der Waals surface area contributed by atoms with Gasteiger partial charge >= 0.3 is 0 Å². The molecule has 49 heavy (non-hydrogen) atoms. The minimum absolute atomic E-state index is 0.312. The molecule has 0 spiro atoms. The second-order valence-corrected chi connectivity index (χ2v) is 12.7. The third-order valence-electron chi connectivity index (χ3n) is 9.58. The van der Waals surface area contributed by atoms with Gasteiger partial charge in [0, 0.05) is 38.6 Å². The van der Waals surface area contributed by atoms with E-state index < -0.39 is 0 Å². The molecular weight excluding hydrogens is 597 g/mol. The van der Waals surface area contributed by atoms with Gasteiger partial charge in [0.25, 0.3) is 0 Å². The fourth-order valence-electron chi connectivity index (χ4n) is 7.07. The number of nitrogens with zero attached hydrogens (tertiary/aromatic N) is 4. The maximum absolute atomic E-state index is 5.19. The number of rotatable bonds is 5. The summed E-state index contributed by atoms with van der Waals surface area (Å²) in [5, 5.41) is 5.84. The van der Waals surface area contributed by atoms with Crippen LogP contribution in [0.25, 0.3) is 83.2 Å². The van der Waals surface area contributed by atoms with Crippen molar-refractivity contribution in [2.75, 3.05) is 0 Å². The molecule has 0 bridgehead atoms. The van der Waals surface area contributed by atoms with Crippen molar-refractivity contribution in [2.45, 2.75) is 13.3 Å². The Balaban J connectivity index is 1.24. The summed E-state index contributed by atoms with van der Waals surface area (Å²) in [6.07, 6.45) is 7.42. The predicted molar refractivity (Wildman–Crippen MR) is 203 cm³/mol. The van der Waals surface area contributed by atoms with Gasteiger partial charge in [-0.25, -0.2) is 19.9 Å². The van der Waals surface area contributed by atoms with Crippen molar-refractivity contribution in [3.05, 3.63) is 164 Å². The van der Waals surface area contributed by atoms with E-state index in [0.29, 0.717) is 17.6 Å². The monoisotopic (exact) mass is 628 g/mol. The number of hydrogen-bond acceptors (Lipinski definition) is 4. The molecule has 1 unspecified atom stereocenters. The molecule has 8 aromatic rings. The van der Waals surface area contributed by atoms with Crippen LogP contribution in [0.4, 0.5) is 0 Å². The van der Waals surface area contributed by atoms with Gasteiger partial charge in [0.05, 0.1) is 11.2 Å². The van der Waals surface area contributed by atoms with Gasteiger partial charge in [0.15, 0.2) is 17.5 Å². The zero-order valence-corrected chi connectivity index (χ0v) is 27.1. The average Bonchev–Trinajstić information content (AvgIpc) is 3.17. The van der Waals surface area contributed by atoms with Gasteiger partial charge in [0.2, 0.25) is 0 Å². The highest BCUT2D eigenvalue weighted by Crippen LogP contribution is 2.40. The zero-order chi connectivity index (χ0) is 32.7.